The van der Waals surface area contributed by atoms with Crippen molar-refractivity contribution >= 4 is 11.6 Å². The molecule has 2 N–H and O–H groups in total. The molecule has 0 radical (unpaired) electrons. The molecule has 1 aliphatic heterocycles. The van der Waals surface area contributed by atoms with Gasteiger partial charge in [0.2, 0.25) is 5.91 Å². The van der Waals surface area contributed by atoms with Crippen LogP contribution in [0.4, 0.5) is 10.1 Å². The lowest BCUT2D eigenvalue weighted by Gasteiger charge is -2.22. The maximum Gasteiger partial charge on any atom is 0.238 e. The number of anilines is 1. The zero-order chi connectivity index (χ0) is 14.6. The monoisotopic (exact) mass is 280 g/mol. The summed E-state index contributed by atoms with van der Waals surface area (Å²) < 4.78 is 13.0. The van der Waals surface area contributed by atoms with E-state index in [-0.39, 0.29) is 18.3 Å². The van der Waals surface area contributed by atoms with Crippen molar-refractivity contribution < 1.29 is 14.3 Å². The van der Waals surface area contributed by atoms with Gasteiger partial charge in [-0.05, 0) is 50.9 Å². The first-order valence-electron chi connectivity index (χ1n) is 6.95. The van der Waals surface area contributed by atoms with E-state index in [9.17, 15) is 14.3 Å². The molecule has 1 aliphatic rings. The number of halogens is 1. The molecule has 0 bridgehead atoms. The molecule has 0 spiro atoms. The molecule has 1 saturated heterocycles. The van der Waals surface area contributed by atoms with Gasteiger partial charge < -0.3 is 10.4 Å². The lowest BCUT2D eigenvalue weighted by Crippen LogP contribution is -2.35. The second-order valence-electron chi connectivity index (χ2n) is 5.69. The first kappa shape index (κ1) is 14.9. The van der Waals surface area contributed by atoms with Crippen LogP contribution in [0.3, 0.4) is 0 Å². The van der Waals surface area contributed by atoms with Crippen LogP contribution in [-0.4, -0.2) is 41.1 Å². The molecule has 20 heavy (non-hydrogen) atoms. The number of rotatable bonds is 3. The summed E-state index contributed by atoms with van der Waals surface area (Å²) in [6.45, 7) is 3.60. The summed E-state index contributed by atoms with van der Waals surface area (Å²) in [6.07, 6.45) is 2.30. The smallest absolute Gasteiger partial charge is 0.238 e. The van der Waals surface area contributed by atoms with Gasteiger partial charge in [0.1, 0.15) is 5.82 Å². The van der Waals surface area contributed by atoms with E-state index in [4.69, 9.17) is 0 Å². The summed E-state index contributed by atoms with van der Waals surface area (Å²) in [5.41, 5.74) is -0.162. The van der Waals surface area contributed by atoms with Gasteiger partial charge in [-0.3, -0.25) is 9.69 Å². The van der Waals surface area contributed by atoms with Crippen LogP contribution in [0, 0.1) is 5.82 Å². The molecule has 1 fully saturated rings. The minimum Gasteiger partial charge on any atom is -0.390 e. The van der Waals surface area contributed by atoms with E-state index >= 15 is 0 Å². The largest absolute Gasteiger partial charge is 0.390 e. The molecule has 0 aliphatic carbocycles. The first-order valence-corrected chi connectivity index (χ1v) is 6.95. The zero-order valence-electron chi connectivity index (χ0n) is 11.7. The zero-order valence-corrected chi connectivity index (χ0v) is 11.7. The number of amides is 1. The Hall–Kier alpha value is -1.46. The highest BCUT2D eigenvalue weighted by Gasteiger charge is 2.25. The number of nitrogens with zero attached hydrogens (tertiary/aromatic N) is 1. The molecular formula is C15H21FN2O2. The van der Waals surface area contributed by atoms with Crippen LogP contribution in [0.25, 0.3) is 0 Å². The number of nitrogens with one attached hydrogen (secondary N) is 1. The lowest BCUT2D eigenvalue weighted by atomic mass is 9.98. The number of carbonyl (C=O) groups excluding carboxylic acids is 1. The number of hydrogen-bond donors (Lipinski definition) is 2. The van der Waals surface area contributed by atoms with E-state index in [0.29, 0.717) is 18.7 Å². The molecular weight excluding hydrogens is 259 g/mol. The van der Waals surface area contributed by atoms with Crippen molar-refractivity contribution in [1.29, 1.82) is 0 Å². The van der Waals surface area contributed by atoms with Crippen molar-refractivity contribution in [3.8, 4) is 0 Å². The fourth-order valence-corrected chi connectivity index (χ4v) is 2.45. The van der Waals surface area contributed by atoms with Crippen LogP contribution in [0.1, 0.15) is 26.2 Å². The number of aliphatic hydroxyl groups is 1. The maximum absolute atomic E-state index is 13.0. The quantitative estimate of drug-likeness (QED) is 0.890. The fraction of sp³-hybridized carbons (Fsp3) is 0.533. The molecule has 1 unspecified atom stereocenters. The third kappa shape index (κ3) is 4.58. The van der Waals surface area contributed by atoms with Crippen LogP contribution in [0.2, 0.25) is 0 Å². The third-order valence-electron chi connectivity index (χ3n) is 3.63. The van der Waals surface area contributed by atoms with Crippen molar-refractivity contribution in [3.63, 3.8) is 0 Å². The summed E-state index contributed by atoms with van der Waals surface area (Å²) in [6, 6.07) is 5.86. The fourth-order valence-electron chi connectivity index (χ4n) is 2.45. The van der Waals surface area contributed by atoms with Crippen LogP contribution < -0.4 is 5.32 Å². The van der Waals surface area contributed by atoms with Crippen molar-refractivity contribution in [1.82, 2.24) is 4.90 Å². The van der Waals surface area contributed by atoms with E-state index in [1.165, 1.54) is 12.1 Å². The molecule has 2 rings (SSSR count). The van der Waals surface area contributed by atoms with E-state index in [1.807, 2.05) is 11.8 Å². The molecule has 5 heteroatoms. The highest BCUT2D eigenvalue weighted by Crippen LogP contribution is 2.21. The molecule has 1 aromatic carbocycles. The molecule has 0 saturated carbocycles. The highest BCUT2D eigenvalue weighted by molar-refractivity contribution is 5.92. The van der Waals surface area contributed by atoms with Gasteiger partial charge in [0.25, 0.3) is 0 Å². The van der Waals surface area contributed by atoms with Crippen LogP contribution in [0.15, 0.2) is 24.3 Å². The predicted octanol–water partition coefficient (Wildman–Crippen LogP) is 2.00. The summed E-state index contributed by atoms with van der Waals surface area (Å²) in [7, 11) is 0. The highest BCUT2D eigenvalue weighted by atomic mass is 19.1. The molecule has 1 heterocycles. The van der Waals surface area contributed by atoms with Gasteiger partial charge in [-0.15, -0.1) is 0 Å². The average molecular weight is 280 g/mol. The summed E-state index contributed by atoms with van der Waals surface area (Å²) in [5, 5.41) is 12.7. The maximum atomic E-state index is 13.0. The SMILES string of the molecule is CC1(O)CCCN(CC(=O)Nc2cccc(F)c2)CC1. The van der Waals surface area contributed by atoms with Gasteiger partial charge >= 0.3 is 0 Å². The number of benzene rings is 1. The van der Waals surface area contributed by atoms with Crippen LogP contribution in [0.5, 0.6) is 0 Å². The molecule has 4 nitrogen and oxygen atoms in total. The van der Waals surface area contributed by atoms with Crippen molar-refractivity contribution in [2.75, 3.05) is 25.0 Å². The van der Waals surface area contributed by atoms with Gasteiger partial charge in [-0.25, -0.2) is 4.39 Å². The molecule has 1 aromatic rings. The molecule has 110 valence electrons. The molecule has 1 atom stereocenters. The summed E-state index contributed by atoms with van der Waals surface area (Å²) in [4.78, 5) is 14.0. The predicted molar refractivity (Wildman–Crippen MR) is 75.9 cm³/mol. The second kappa shape index (κ2) is 6.33. The van der Waals surface area contributed by atoms with Gasteiger partial charge in [-0.1, -0.05) is 6.07 Å². The normalized spacial score (nSPS) is 24.1. The lowest BCUT2D eigenvalue weighted by molar-refractivity contribution is -0.117. The van der Waals surface area contributed by atoms with E-state index in [0.717, 1.165) is 19.4 Å². The standard InChI is InChI=1S/C15H21FN2O2/c1-15(20)6-3-8-18(9-7-15)11-14(19)17-13-5-2-4-12(16)10-13/h2,4-5,10,20H,3,6-9,11H2,1H3,(H,17,19). The topological polar surface area (TPSA) is 52.6 Å². The van der Waals surface area contributed by atoms with E-state index in [1.54, 1.807) is 12.1 Å². The second-order valence-corrected chi connectivity index (χ2v) is 5.69. The molecule has 1 amide bonds. The molecule has 0 aromatic heterocycles. The minimum absolute atomic E-state index is 0.155. The summed E-state index contributed by atoms with van der Waals surface area (Å²) >= 11 is 0. The van der Waals surface area contributed by atoms with Crippen molar-refractivity contribution in [3.05, 3.63) is 30.1 Å². The Morgan fingerprint density at radius 2 is 2.25 bits per heavy atom. The van der Waals surface area contributed by atoms with Gasteiger partial charge in [0.15, 0.2) is 0 Å². The van der Waals surface area contributed by atoms with Crippen molar-refractivity contribution in [2.24, 2.45) is 0 Å². The number of likely N-dealkylation sites (tertiary alicyclic amines) is 1. The van der Waals surface area contributed by atoms with Gasteiger partial charge in [0.05, 0.1) is 12.1 Å². The number of carbonyl (C=O) groups is 1. The summed E-state index contributed by atoms with van der Waals surface area (Å²) in [5.74, 6) is -0.522. The van der Waals surface area contributed by atoms with Crippen LogP contribution >= 0.6 is 0 Å². The van der Waals surface area contributed by atoms with Gasteiger partial charge in [-0.2, -0.15) is 0 Å². The Bertz CT molecular complexity index is 477. The Kier molecular flexibility index (Phi) is 4.73. The average Bonchev–Trinajstić information content (AvgIpc) is 2.51. The minimum atomic E-state index is -0.631. The Morgan fingerprint density at radius 3 is 3.00 bits per heavy atom. The third-order valence-corrected chi connectivity index (χ3v) is 3.63. The Balaban J connectivity index is 1.85. The van der Waals surface area contributed by atoms with Crippen LogP contribution in [-0.2, 0) is 4.79 Å². The Labute approximate surface area is 118 Å². The first-order chi connectivity index (χ1) is 9.44. The number of hydrogen-bond acceptors (Lipinski definition) is 3. The van der Waals surface area contributed by atoms with E-state index in [2.05, 4.69) is 5.32 Å². The Morgan fingerprint density at radius 1 is 1.45 bits per heavy atom. The van der Waals surface area contributed by atoms with Crippen molar-refractivity contribution in [2.45, 2.75) is 31.8 Å². The van der Waals surface area contributed by atoms with Gasteiger partial charge in [0, 0.05) is 12.2 Å². The van der Waals surface area contributed by atoms with E-state index < -0.39 is 5.60 Å².